The number of fused-ring (bicyclic) bond motifs is 1. The van der Waals surface area contributed by atoms with E-state index < -0.39 is 0 Å². The average Bonchev–Trinajstić information content (AvgIpc) is 3.13. The van der Waals surface area contributed by atoms with E-state index in [-0.39, 0.29) is 11.8 Å². The quantitative estimate of drug-likeness (QED) is 0.797. The van der Waals surface area contributed by atoms with E-state index in [1.165, 1.54) is 0 Å². The highest BCUT2D eigenvalue weighted by atomic mass is 16.2. The normalized spacial score (nSPS) is 19.8. The van der Waals surface area contributed by atoms with Crippen LogP contribution in [0, 0.1) is 0 Å². The highest BCUT2D eigenvalue weighted by Gasteiger charge is 2.19. The summed E-state index contributed by atoms with van der Waals surface area (Å²) in [6, 6.07) is 7.60. The second-order valence-electron chi connectivity index (χ2n) is 6.56. The molecule has 1 aromatic carbocycles. The van der Waals surface area contributed by atoms with Gasteiger partial charge in [-0.25, -0.2) is 0 Å². The molecule has 1 unspecified atom stereocenters. The summed E-state index contributed by atoms with van der Waals surface area (Å²) in [6.45, 7) is 1.93. The maximum absolute atomic E-state index is 12.5. The Bertz CT molecular complexity index is 808. The first-order valence-corrected chi connectivity index (χ1v) is 8.69. The molecule has 1 atom stereocenters. The average molecular weight is 339 g/mol. The smallest absolute Gasteiger partial charge is 0.276 e. The largest absolute Gasteiger partial charge is 0.326 e. The lowest BCUT2D eigenvalue weighted by atomic mass is 10.0. The lowest BCUT2D eigenvalue weighted by molar-refractivity contribution is -0.116. The van der Waals surface area contributed by atoms with Gasteiger partial charge in [-0.3, -0.25) is 14.3 Å². The molecule has 25 heavy (non-hydrogen) atoms. The van der Waals surface area contributed by atoms with Crippen molar-refractivity contribution in [2.45, 2.75) is 31.7 Å². The number of nitrogens with one attached hydrogen (secondary N) is 3. The molecule has 4 rings (SSSR count). The van der Waals surface area contributed by atoms with E-state index in [1.807, 2.05) is 23.0 Å². The summed E-state index contributed by atoms with van der Waals surface area (Å²) in [5, 5.41) is 13.5. The number of rotatable bonds is 3. The number of nitrogens with zero attached hydrogens (tertiary/aromatic N) is 2. The lowest BCUT2D eigenvalue weighted by Gasteiger charge is -2.22. The van der Waals surface area contributed by atoms with Crippen LogP contribution in [0.15, 0.2) is 30.5 Å². The Morgan fingerprint density at radius 2 is 2.20 bits per heavy atom. The Labute approximate surface area is 145 Å². The van der Waals surface area contributed by atoms with Crippen molar-refractivity contribution < 1.29 is 9.59 Å². The van der Waals surface area contributed by atoms with Crippen LogP contribution in [0.3, 0.4) is 0 Å². The SMILES string of the molecule is O=C1CCc2cc(NC(=O)c3ccn(C4CCCNC4)n3)ccc2N1. The minimum Gasteiger partial charge on any atom is -0.326 e. The summed E-state index contributed by atoms with van der Waals surface area (Å²) >= 11 is 0. The lowest BCUT2D eigenvalue weighted by Crippen LogP contribution is -2.32. The second-order valence-corrected chi connectivity index (χ2v) is 6.56. The highest BCUT2D eigenvalue weighted by Crippen LogP contribution is 2.26. The van der Waals surface area contributed by atoms with Crippen LogP contribution in [-0.4, -0.2) is 34.7 Å². The molecule has 130 valence electrons. The van der Waals surface area contributed by atoms with Crippen molar-refractivity contribution in [2.75, 3.05) is 23.7 Å². The Balaban J connectivity index is 1.45. The van der Waals surface area contributed by atoms with E-state index in [1.54, 1.807) is 12.1 Å². The molecule has 0 bridgehead atoms. The maximum Gasteiger partial charge on any atom is 0.276 e. The monoisotopic (exact) mass is 339 g/mol. The molecule has 7 heteroatoms. The molecule has 2 aliphatic heterocycles. The first kappa shape index (κ1) is 15.8. The third-order valence-corrected chi connectivity index (χ3v) is 4.74. The molecule has 0 spiro atoms. The van der Waals surface area contributed by atoms with Crippen molar-refractivity contribution in [3.05, 3.63) is 41.7 Å². The van der Waals surface area contributed by atoms with Crippen LogP contribution in [0.25, 0.3) is 0 Å². The molecule has 1 aromatic heterocycles. The number of carbonyl (C=O) groups excluding carboxylic acids is 2. The molecule has 1 fully saturated rings. The van der Waals surface area contributed by atoms with Gasteiger partial charge in [-0.15, -0.1) is 0 Å². The minimum atomic E-state index is -0.220. The van der Waals surface area contributed by atoms with Crippen LogP contribution in [0.2, 0.25) is 0 Å². The van der Waals surface area contributed by atoms with Crippen LogP contribution < -0.4 is 16.0 Å². The number of hydrogen-bond donors (Lipinski definition) is 3. The predicted octanol–water partition coefficient (Wildman–Crippen LogP) is 1.94. The Morgan fingerprint density at radius 3 is 3.04 bits per heavy atom. The van der Waals surface area contributed by atoms with Crippen LogP contribution in [0.5, 0.6) is 0 Å². The number of aryl methyl sites for hydroxylation is 1. The minimum absolute atomic E-state index is 0.0343. The van der Waals surface area contributed by atoms with Crippen molar-refractivity contribution in [1.82, 2.24) is 15.1 Å². The molecule has 2 amide bonds. The van der Waals surface area contributed by atoms with Gasteiger partial charge in [0.25, 0.3) is 5.91 Å². The topological polar surface area (TPSA) is 88.1 Å². The van der Waals surface area contributed by atoms with Crippen LogP contribution >= 0.6 is 0 Å². The third-order valence-electron chi connectivity index (χ3n) is 4.74. The molecular weight excluding hydrogens is 318 g/mol. The molecule has 2 aliphatic rings. The third kappa shape index (κ3) is 3.41. The summed E-state index contributed by atoms with van der Waals surface area (Å²) in [5.74, 6) is -0.186. The van der Waals surface area contributed by atoms with E-state index >= 15 is 0 Å². The number of carbonyl (C=O) groups is 2. The van der Waals surface area contributed by atoms with Crippen LogP contribution in [0.4, 0.5) is 11.4 Å². The Morgan fingerprint density at radius 1 is 1.28 bits per heavy atom. The van der Waals surface area contributed by atoms with Gasteiger partial charge in [0.15, 0.2) is 5.69 Å². The fraction of sp³-hybridized carbons (Fsp3) is 0.389. The van der Waals surface area contributed by atoms with E-state index in [0.29, 0.717) is 30.3 Å². The van der Waals surface area contributed by atoms with Crippen LogP contribution in [-0.2, 0) is 11.2 Å². The summed E-state index contributed by atoms with van der Waals surface area (Å²) in [7, 11) is 0. The Kier molecular flexibility index (Phi) is 4.23. The van der Waals surface area contributed by atoms with Crippen molar-refractivity contribution >= 4 is 23.2 Å². The first-order valence-electron chi connectivity index (χ1n) is 8.69. The fourth-order valence-corrected chi connectivity index (χ4v) is 3.38. The molecule has 3 heterocycles. The summed E-state index contributed by atoms with van der Waals surface area (Å²) < 4.78 is 1.88. The van der Waals surface area contributed by atoms with Gasteiger partial charge in [0.05, 0.1) is 6.04 Å². The standard InChI is InChI=1S/C18H21N5O2/c24-17-6-3-12-10-13(4-5-15(12)21-17)20-18(25)16-7-9-23(22-16)14-2-1-8-19-11-14/h4-5,7,9-10,14,19H,1-3,6,8,11H2,(H,20,25)(H,21,24). The van der Waals surface area contributed by atoms with Gasteiger partial charge in [-0.05, 0) is 55.6 Å². The zero-order chi connectivity index (χ0) is 17.2. The van der Waals surface area contributed by atoms with Gasteiger partial charge in [0.2, 0.25) is 5.91 Å². The number of benzene rings is 1. The molecule has 7 nitrogen and oxygen atoms in total. The molecule has 0 saturated carbocycles. The van der Waals surface area contributed by atoms with Crippen LogP contribution in [0.1, 0.15) is 41.4 Å². The van der Waals surface area contributed by atoms with Crippen molar-refractivity contribution in [1.29, 1.82) is 0 Å². The van der Waals surface area contributed by atoms with Crippen molar-refractivity contribution in [3.63, 3.8) is 0 Å². The number of amides is 2. The molecule has 1 saturated heterocycles. The number of aromatic nitrogens is 2. The van der Waals surface area contributed by atoms with E-state index in [0.717, 1.165) is 37.2 Å². The summed E-state index contributed by atoms with van der Waals surface area (Å²) in [4.78, 5) is 23.9. The Hall–Kier alpha value is -2.67. The second kappa shape index (κ2) is 6.68. The van der Waals surface area contributed by atoms with Gasteiger partial charge >= 0.3 is 0 Å². The maximum atomic E-state index is 12.5. The first-order chi connectivity index (χ1) is 12.2. The van der Waals surface area contributed by atoms with E-state index in [4.69, 9.17) is 0 Å². The van der Waals surface area contributed by atoms with Gasteiger partial charge < -0.3 is 16.0 Å². The van der Waals surface area contributed by atoms with Crippen molar-refractivity contribution in [2.24, 2.45) is 0 Å². The molecule has 3 N–H and O–H groups in total. The number of piperidine rings is 1. The highest BCUT2D eigenvalue weighted by molar-refractivity contribution is 6.03. The predicted molar refractivity (Wildman–Crippen MR) is 94.7 cm³/mol. The number of anilines is 2. The molecule has 0 aliphatic carbocycles. The zero-order valence-electron chi connectivity index (χ0n) is 13.9. The van der Waals surface area contributed by atoms with Gasteiger partial charge in [-0.2, -0.15) is 5.10 Å². The van der Waals surface area contributed by atoms with E-state index in [9.17, 15) is 9.59 Å². The van der Waals surface area contributed by atoms with Gasteiger partial charge in [-0.1, -0.05) is 0 Å². The zero-order valence-corrected chi connectivity index (χ0v) is 13.9. The van der Waals surface area contributed by atoms with Gasteiger partial charge in [0.1, 0.15) is 0 Å². The fourth-order valence-electron chi connectivity index (χ4n) is 3.38. The molecule has 0 radical (unpaired) electrons. The number of hydrogen-bond acceptors (Lipinski definition) is 4. The van der Waals surface area contributed by atoms with E-state index in [2.05, 4.69) is 21.0 Å². The molecular formula is C18H21N5O2. The van der Waals surface area contributed by atoms with Crippen molar-refractivity contribution in [3.8, 4) is 0 Å². The van der Waals surface area contributed by atoms with Gasteiger partial charge in [0, 0.05) is 30.5 Å². The summed E-state index contributed by atoms with van der Waals surface area (Å²) in [6.07, 6.45) is 5.23. The summed E-state index contributed by atoms with van der Waals surface area (Å²) in [5.41, 5.74) is 2.99. The molecule has 2 aromatic rings.